The Morgan fingerprint density at radius 1 is 1.02 bits per heavy atom. The van der Waals surface area contributed by atoms with E-state index < -0.39 is 0 Å². The fraction of sp³-hybridized carbons (Fsp3) is 0.405. The van der Waals surface area contributed by atoms with Gasteiger partial charge in [-0.25, -0.2) is 0 Å². The average Bonchev–Trinajstić information content (AvgIpc) is 3.28. The number of nitrogens with one attached hydrogen (secondary N) is 2. The van der Waals surface area contributed by atoms with Crippen LogP contribution in [-0.4, -0.2) is 27.6 Å². The molecule has 1 saturated heterocycles. The molecule has 0 bridgehead atoms. The van der Waals surface area contributed by atoms with Gasteiger partial charge in [-0.15, -0.1) is 11.8 Å². The fourth-order valence-electron chi connectivity index (χ4n) is 6.03. The Labute approximate surface area is 253 Å². The largest absolute Gasteiger partial charge is 0.383 e. The summed E-state index contributed by atoms with van der Waals surface area (Å²) in [4.78, 5) is 2.49. The number of hydrogen-bond donors (Lipinski definition) is 2. The second-order valence-electron chi connectivity index (χ2n) is 12.3. The molecule has 0 amide bonds. The summed E-state index contributed by atoms with van der Waals surface area (Å²) in [5.41, 5.74) is 10.9. The molecule has 218 valence electrons. The predicted molar refractivity (Wildman–Crippen MR) is 181 cm³/mol. The first-order valence-corrected chi connectivity index (χ1v) is 15.9. The van der Waals surface area contributed by atoms with E-state index in [0.717, 1.165) is 48.8 Å². The SMILES string of the molecule is C=C(NC(CC1=CCCC=C1)C(C)C(=C)N1CSC(C)(C)[C@H]1C(=C)NCc1ccccc1C)c1cccc(C)c1C. The molecule has 2 aromatic rings. The predicted octanol–water partition coefficient (Wildman–Crippen LogP) is 8.81. The van der Waals surface area contributed by atoms with E-state index in [0.29, 0.717) is 0 Å². The van der Waals surface area contributed by atoms with Crippen LogP contribution in [0.3, 0.4) is 0 Å². The molecule has 0 radical (unpaired) electrons. The first kappa shape index (κ1) is 30.8. The summed E-state index contributed by atoms with van der Waals surface area (Å²) in [5.74, 6) is 1.09. The van der Waals surface area contributed by atoms with Gasteiger partial charge in [0.2, 0.25) is 0 Å². The second kappa shape index (κ2) is 13.2. The monoisotopic (exact) mass is 567 g/mol. The Hall–Kier alpha value is -3.11. The molecule has 2 aliphatic rings. The third kappa shape index (κ3) is 7.22. The summed E-state index contributed by atoms with van der Waals surface area (Å²) in [5, 5.41) is 7.55. The van der Waals surface area contributed by atoms with E-state index in [1.165, 1.54) is 33.4 Å². The van der Waals surface area contributed by atoms with Gasteiger partial charge in [0, 0.05) is 45.9 Å². The molecular weight excluding hydrogens is 518 g/mol. The lowest BCUT2D eigenvalue weighted by Crippen LogP contribution is -2.47. The minimum atomic E-state index is 0.0122. The third-order valence-electron chi connectivity index (χ3n) is 8.96. The van der Waals surface area contributed by atoms with Gasteiger partial charge < -0.3 is 15.5 Å². The topological polar surface area (TPSA) is 27.3 Å². The highest BCUT2D eigenvalue weighted by molar-refractivity contribution is 8.00. The van der Waals surface area contributed by atoms with Crippen molar-refractivity contribution in [2.75, 3.05) is 5.88 Å². The lowest BCUT2D eigenvalue weighted by Gasteiger charge is -2.39. The third-order valence-corrected chi connectivity index (χ3v) is 10.3. The molecule has 3 nitrogen and oxygen atoms in total. The molecule has 4 rings (SSSR count). The highest BCUT2D eigenvalue weighted by Crippen LogP contribution is 2.45. The van der Waals surface area contributed by atoms with E-state index in [-0.39, 0.29) is 22.7 Å². The molecule has 1 heterocycles. The Balaban J connectivity index is 1.55. The van der Waals surface area contributed by atoms with Gasteiger partial charge in [-0.05, 0) is 76.1 Å². The van der Waals surface area contributed by atoms with Crippen LogP contribution < -0.4 is 10.6 Å². The van der Waals surface area contributed by atoms with Crippen molar-refractivity contribution >= 4 is 17.5 Å². The molecule has 4 heteroatoms. The van der Waals surface area contributed by atoms with Crippen LogP contribution in [0.5, 0.6) is 0 Å². The number of hydrogen-bond acceptors (Lipinski definition) is 4. The summed E-state index contributed by atoms with van der Waals surface area (Å²) < 4.78 is 0.0122. The van der Waals surface area contributed by atoms with Crippen molar-refractivity contribution in [3.63, 3.8) is 0 Å². The van der Waals surface area contributed by atoms with Crippen LogP contribution in [0.2, 0.25) is 0 Å². The zero-order chi connectivity index (χ0) is 29.7. The van der Waals surface area contributed by atoms with Gasteiger partial charge in [0.15, 0.2) is 0 Å². The summed E-state index contributed by atoms with van der Waals surface area (Å²) >= 11 is 1.98. The van der Waals surface area contributed by atoms with Gasteiger partial charge in [-0.2, -0.15) is 0 Å². The van der Waals surface area contributed by atoms with Gasteiger partial charge in [-0.1, -0.05) is 92.9 Å². The fourth-order valence-corrected chi connectivity index (χ4v) is 7.25. The first-order chi connectivity index (χ1) is 19.5. The van der Waals surface area contributed by atoms with Crippen LogP contribution in [0.25, 0.3) is 5.70 Å². The van der Waals surface area contributed by atoms with Crippen LogP contribution in [0.1, 0.15) is 67.9 Å². The Morgan fingerprint density at radius 2 is 1.76 bits per heavy atom. The first-order valence-electron chi connectivity index (χ1n) is 14.9. The Bertz CT molecular complexity index is 1350. The number of benzene rings is 2. The van der Waals surface area contributed by atoms with Gasteiger partial charge in [0.25, 0.3) is 0 Å². The van der Waals surface area contributed by atoms with Gasteiger partial charge in [0.05, 0.1) is 11.9 Å². The summed E-state index contributed by atoms with van der Waals surface area (Å²) in [7, 11) is 0. The van der Waals surface area contributed by atoms with Crippen LogP contribution in [-0.2, 0) is 6.54 Å². The molecule has 2 aromatic carbocycles. The lowest BCUT2D eigenvalue weighted by atomic mass is 9.88. The number of allylic oxidation sites excluding steroid dienone is 3. The summed E-state index contributed by atoms with van der Waals surface area (Å²) in [6.07, 6.45) is 10.1. The van der Waals surface area contributed by atoms with Gasteiger partial charge in [0.1, 0.15) is 0 Å². The maximum atomic E-state index is 4.73. The molecule has 0 saturated carbocycles. The quantitative estimate of drug-likeness (QED) is 0.268. The molecule has 3 atom stereocenters. The molecule has 0 aromatic heterocycles. The molecule has 0 spiro atoms. The van der Waals surface area contributed by atoms with Crippen molar-refractivity contribution in [2.24, 2.45) is 5.92 Å². The van der Waals surface area contributed by atoms with Crippen LogP contribution >= 0.6 is 11.8 Å². The summed E-state index contributed by atoms with van der Waals surface area (Å²) in [6.45, 7) is 28.1. The van der Waals surface area contributed by atoms with Crippen LogP contribution in [0, 0.1) is 26.7 Å². The second-order valence-corrected chi connectivity index (χ2v) is 13.9. The summed E-state index contributed by atoms with van der Waals surface area (Å²) in [6, 6.07) is 15.3. The van der Waals surface area contributed by atoms with Crippen molar-refractivity contribution in [1.82, 2.24) is 15.5 Å². The van der Waals surface area contributed by atoms with Gasteiger partial charge >= 0.3 is 0 Å². The van der Waals surface area contributed by atoms with Crippen molar-refractivity contribution in [1.29, 1.82) is 0 Å². The number of nitrogens with zero attached hydrogens (tertiary/aromatic N) is 1. The van der Waals surface area contributed by atoms with Gasteiger partial charge in [-0.3, -0.25) is 0 Å². The molecule has 41 heavy (non-hydrogen) atoms. The van der Waals surface area contributed by atoms with Crippen molar-refractivity contribution in [2.45, 2.75) is 84.2 Å². The molecule has 1 aliphatic heterocycles. The normalized spacial score (nSPS) is 19.3. The van der Waals surface area contributed by atoms with E-state index in [4.69, 9.17) is 6.58 Å². The van der Waals surface area contributed by atoms with Crippen molar-refractivity contribution in [3.05, 3.63) is 125 Å². The zero-order valence-corrected chi connectivity index (χ0v) is 26.8. The molecule has 1 aliphatic carbocycles. The van der Waals surface area contributed by atoms with Crippen molar-refractivity contribution < 1.29 is 0 Å². The highest BCUT2D eigenvalue weighted by Gasteiger charge is 2.44. The zero-order valence-electron chi connectivity index (χ0n) is 26.0. The van der Waals surface area contributed by atoms with E-state index in [1.54, 1.807) is 0 Å². The minimum absolute atomic E-state index is 0.0122. The van der Waals surface area contributed by atoms with E-state index in [1.807, 2.05) is 11.8 Å². The van der Waals surface area contributed by atoms with Crippen molar-refractivity contribution in [3.8, 4) is 0 Å². The number of thioether (sulfide) groups is 1. The smallest absolute Gasteiger partial charge is 0.0829 e. The molecule has 2 N–H and O–H groups in total. The van der Waals surface area contributed by atoms with Crippen LogP contribution in [0.4, 0.5) is 0 Å². The lowest BCUT2D eigenvalue weighted by molar-refractivity contribution is 0.257. The average molecular weight is 568 g/mol. The highest BCUT2D eigenvalue weighted by atomic mass is 32.2. The minimum Gasteiger partial charge on any atom is -0.383 e. The maximum absolute atomic E-state index is 4.73. The maximum Gasteiger partial charge on any atom is 0.0829 e. The molecular formula is C37H49N3S. The standard InChI is InChI=1S/C37H49N3S/c1-25-17-15-21-34(27(25)3)29(5)39-35(22-32-18-11-10-12-19-32)28(4)31(7)40-24-41-37(8,9)36(40)30(6)38-23-33-20-14-13-16-26(33)2/h11,13-21,28,35-36,38-39H,5-7,10,12,22-24H2,1-4,8-9H3/t28?,35?,36-/m1/s1. The molecule has 2 unspecified atom stereocenters. The van der Waals surface area contributed by atoms with E-state index >= 15 is 0 Å². The Morgan fingerprint density at radius 3 is 2.46 bits per heavy atom. The van der Waals surface area contributed by atoms with E-state index in [9.17, 15) is 0 Å². The molecule has 1 fully saturated rings. The van der Waals surface area contributed by atoms with Crippen LogP contribution in [0.15, 0.2) is 97.4 Å². The Kier molecular flexibility index (Phi) is 9.96. The van der Waals surface area contributed by atoms with E-state index in [2.05, 4.69) is 131 Å². The number of aryl methyl sites for hydroxylation is 2. The number of rotatable bonds is 12.